The molecule has 0 heterocycles. The van der Waals surface area contributed by atoms with Crippen LogP contribution in [0.15, 0.2) is 53.5 Å². The topological polar surface area (TPSA) is 58.9 Å². The lowest BCUT2D eigenvalue weighted by molar-refractivity contribution is -0.144. The maximum Gasteiger partial charge on any atom is 0.344 e. The second-order valence-electron chi connectivity index (χ2n) is 4.41. The minimum absolute atomic E-state index is 0.504. The van der Waals surface area contributed by atoms with E-state index >= 15 is 0 Å². The molecule has 1 N–H and O–H groups in total. The van der Waals surface area contributed by atoms with Gasteiger partial charge in [-0.3, -0.25) is 4.99 Å². The van der Waals surface area contributed by atoms with Crippen molar-refractivity contribution in [2.24, 2.45) is 4.99 Å². The van der Waals surface area contributed by atoms with Crippen LogP contribution < -0.4 is 4.74 Å². The number of nitrogens with zero attached hydrogens (tertiary/aromatic N) is 1. The van der Waals surface area contributed by atoms with Gasteiger partial charge in [0.1, 0.15) is 5.75 Å². The van der Waals surface area contributed by atoms with Crippen LogP contribution in [0.4, 0.5) is 5.69 Å². The van der Waals surface area contributed by atoms with Gasteiger partial charge in [0.15, 0.2) is 6.10 Å². The molecule has 4 nitrogen and oxygen atoms in total. The first-order valence-electron chi connectivity index (χ1n) is 6.34. The molecule has 1 atom stereocenters. The Morgan fingerprint density at radius 1 is 1.29 bits per heavy atom. The SMILES string of the molecule is C[C@@H](Oc1ccc(C=Nc2cccc(Cl)c2)cc1)C(=O)O. The number of aliphatic imine (C=N–C) groups is 1. The van der Waals surface area contributed by atoms with E-state index in [1.165, 1.54) is 6.92 Å². The largest absolute Gasteiger partial charge is 0.479 e. The fourth-order valence-corrected chi connectivity index (χ4v) is 1.78. The van der Waals surface area contributed by atoms with Crippen LogP contribution in [0.5, 0.6) is 5.75 Å². The average Bonchev–Trinajstić information content (AvgIpc) is 2.46. The summed E-state index contributed by atoms with van der Waals surface area (Å²) in [6.07, 6.45) is 0.826. The van der Waals surface area contributed by atoms with Gasteiger partial charge in [0.05, 0.1) is 5.69 Å². The molecule has 0 bridgehead atoms. The highest BCUT2D eigenvalue weighted by Crippen LogP contribution is 2.18. The Balaban J connectivity index is 2.04. The second-order valence-corrected chi connectivity index (χ2v) is 4.84. The number of carboxylic acid groups (broad SMARTS) is 1. The third-order valence-corrected chi connectivity index (χ3v) is 2.95. The van der Waals surface area contributed by atoms with Crippen LogP contribution in [0.3, 0.4) is 0 Å². The van der Waals surface area contributed by atoms with E-state index in [1.807, 2.05) is 12.1 Å². The van der Waals surface area contributed by atoms with Crippen LogP contribution in [0.2, 0.25) is 5.02 Å². The zero-order chi connectivity index (χ0) is 15.2. The molecule has 0 fully saturated rings. The summed E-state index contributed by atoms with van der Waals surface area (Å²) in [5.74, 6) is -0.494. The summed E-state index contributed by atoms with van der Waals surface area (Å²) in [5, 5.41) is 9.41. The standard InChI is InChI=1S/C16H14ClNO3/c1-11(16(19)20)21-15-7-5-12(6-8-15)10-18-14-4-2-3-13(17)9-14/h2-11H,1H3,(H,19,20)/t11-/m1/s1. The van der Waals surface area contributed by atoms with Crippen LogP contribution >= 0.6 is 11.6 Å². The molecule has 0 saturated heterocycles. The number of ether oxygens (including phenoxy) is 1. The van der Waals surface area contributed by atoms with E-state index in [9.17, 15) is 4.79 Å². The molecule has 0 spiro atoms. The average molecular weight is 304 g/mol. The third kappa shape index (κ3) is 4.61. The third-order valence-electron chi connectivity index (χ3n) is 2.71. The smallest absolute Gasteiger partial charge is 0.344 e. The van der Waals surface area contributed by atoms with Crippen molar-refractivity contribution in [3.8, 4) is 5.75 Å². The number of benzene rings is 2. The Bertz CT molecular complexity index is 653. The van der Waals surface area contributed by atoms with Gasteiger partial charge in [-0.2, -0.15) is 0 Å². The molecule has 2 rings (SSSR count). The van der Waals surface area contributed by atoms with Crippen LogP contribution in [0, 0.1) is 0 Å². The zero-order valence-electron chi connectivity index (χ0n) is 11.4. The van der Waals surface area contributed by atoms with Gasteiger partial charge in [0, 0.05) is 11.2 Å². The van der Waals surface area contributed by atoms with E-state index in [4.69, 9.17) is 21.4 Å². The van der Waals surface area contributed by atoms with Crippen molar-refractivity contribution in [2.45, 2.75) is 13.0 Å². The van der Waals surface area contributed by atoms with Crippen molar-refractivity contribution in [3.63, 3.8) is 0 Å². The van der Waals surface area contributed by atoms with Crippen molar-refractivity contribution in [1.82, 2.24) is 0 Å². The van der Waals surface area contributed by atoms with Crippen LogP contribution in [-0.4, -0.2) is 23.4 Å². The zero-order valence-corrected chi connectivity index (χ0v) is 12.1. The summed E-state index contributed by atoms with van der Waals surface area (Å²) in [5.41, 5.74) is 1.65. The number of hydrogen-bond donors (Lipinski definition) is 1. The van der Waals surface area contributed by atoms with E-state index in [1.54, 1.807) is 42.6 Å². The lowest BCUT2D eigenvalue weighted by atomic mass is 10.2. The van der Waals surface area contributed by atoms with Gasteiger partial charge in [0.2, 0.25) is 0 Å². The summed E-state index contributed by atoms with van der Waals surface area (Å²) in [6, 6.07) is 14.3. The van der Waals surface area contributed by atoms with E-state index in [2.05, 4.69) is 4.99 Å². The Kier molecular flexibility index (Phi) is 4.95. The number of halogens is 1. The van der Waals surface area contributed by atoms with Crippen LogP contribution in [0.25, 0.3) is 0 Å². The Morgan fingerprint density at radius 3 is 2.62 bits per heavy atom. The van der Waals surface area contributed by atoms with Crippen LogP contribution in [0.1, 0.15) is 12.5 Å². The first kappa shape index (κ1) is 15.1. The van der Waals surface area contributed by atoms with E-state index in [-0.39, 0.29) is 0 Å². The maximum absolute atomic E-state index is 10.7. The van der Waals surface area contributed by atoms with Gasteiger partial charge in [-0.25, -0.2) is 4.79 Å². The lowest BCUT2D eigenvalue weighted by Gasteiger charge is -2.09. The molecule has 21 heavy (non-hydrogen) atoms. The monoisotopic (exact) mass is 303 g/mol. The molecule has 2 aromatic carbocycles. The molecule has 0 aliphatic carbocycles. The summed E-state index contributed by atoms with van der Waals surface area (Å²) < 4.78 is 5.25. The highest BCUT2D eigenvalue weighted by atomic mass is 35.5. The molecular formula is C16H14ClNO3. The minimum Gasteiger partial charge on any atom is -0.479 e. The van der Waals surface area contributed by atoms with Gasteiger partial charge in [-0.15, -0.1) is 0 Å². The molecular weight excluding hydrogens is 290 g/mol. The van der Waals surface area contributed by atoms with Crippen molar-refractivity contribution in [1.29, 1.82) is 0 Å². The van der Waals surface area contributed by atoms with Crippen molar-refractivity contribution in [2.75, 3.05) is 0 Å². The Labute approximate surface area is 127 Å². The van der Waals surface area contributed by atoms with Crippen molar-refractivity contribution < 1.29 is 14.6 Å². The summed E-state index contributed by atoms with van der Waals surface area (Å²) >= 11 is 5.88. The number of rotatable bonds is 5. The minimum atomic E-state index is -0.999. The van der Waals surface area contributed by atoms with Gasteiger partial charge >= 0.3 is 5.97 Å². The first-order valence-corrected chi connectivity index (χ1v) is 6.71. The van der Waals surface area contributed by atoms with E-state index in [0.717, 1.165) is 11.3 Å². The molecule has 0 unspecified atom stereocenters. The highest BCUT2D eigenvalue weighted by Gasteiger charge is 2.11. The molecule has 0 aliphatic rings. The number of carbonyl (C=O) groups is 1. The highest BCUT2D eigenvalue weighted by molar-refractivity contribution is 6.30. The van der Waals surface area contributed by atoms with Gasteiger partial charge in [-0.1, -0.05) is 17.7 Å². The quantitative estimate of drug-likeness (QED) is 0.851. The number of carboxylic acids is 1. The Morgan fingerprint density at radius 2 is 2.00 bits per heavy atom. The maximum atomic E-state index is 10.7. The normalized spacial score (nSPS) is 12.3. The molecule has 2 aromatic rings. The van der Waals surface area contributed by atoms with E-state index in [0.29, 0.717) is 10.8 Å². The number of hydrogen-bond acceptors (Lipinski definition) is 3. The summed E-state index contributed by atoms with van der Waals surface area (Å²) in [7, 11) is 0. The molecule has 5 heteroatoms. The van der Waals surface area contributed by atoms with Gasteiger partial charge < -0.3 is 9.84 Å². The predicted octanol–water partition coefficient (Wildman–Crippen LogP) is 3.94. The second kappa shape index (κ2) is 6.90. The predicted molar refractivity (Wildman–Crippen MR) is 82.9 cm³/mol. The summed E-state index contributed by atoms with van der Waals surface area (Å²) in [6.45, 7) is 1.48. The van der Waals surface area contributed by atoms with Crippen molar-refractivity contribution in [3.05, 3.63) is 59.1 Å². The van der Waals surface area contributed by atoms with Gasteiger partial charge in [-0.05, 0) is 55.0 Å². The lowest BCUT2D eigenvalue weighted by Crippen LogP contribution is -2.22. The molecule has 0 aromatic heterocycles. The molecule has 0 aliphatic heterocycles. The van der Waals surface area contributed by atoms with Crippen molar-refractivity contribution >= 4 is 29.5 Å². The molecule has 0 amide bonds. The fourth-order valence-electron chi connectivity index (χ4n) is 1.59. The fraction of sp³-hybridized carbons (Fsp3) is 0.125. The molecule has 0 saturated carbocycles. The number of aliphatic carboxylic acids is 1. The molecule has 108 valence electrons. The molecule has 0 radical (unpaired) electrons. The first-order chi connectivity index (χ1) is 10.0. The summed E-state index contributed by atoms with van der Waals surface area (Å²) in [4.78, 5) is 15.0. The van der Waals surface area contributed by atoms with Gasteiger partial charge in [0.25, 0.3) is 0 Å². The van der Waals surface area contributed by atoms with Crippen LogP contribution in [-0.2, 0) is 4.79 Å². The van der Waals surface area contributed by atoms with E-state index < -0.39 is 12.1 Å². The Hall–Kier alpha value is -2.33.